The van der Waals surface area contributed by atoms with E-state index in [-0.39, 0.29) is 0 Å². The summed E-state index contributed by atoms with van der Waals surface area (Å²) in [4.78, 5) is 31.3. The molecule has 0 saturated heterocycles. The van der Waals surface area contributed by atoms with Crippen LogP contribution in [-0.4, -0.2) is 59.8 Å². The van der Waals surface area contributed by atoms with E-state index in [1.54, 1.807) is 24.3 Å². The quantitative estimate of drug-likeness (QED) is 0.238. The maximum absolute atomic E-state index is 10.1. The maximum Gasteiger partial charge on any atom is 0.334 e. The third kappa shape index (κ3) is 7.71. The summed E-state index contributed by atoms with van der Waals surface area (Å²) in [7, 11) is -5.22. The van der Waals surface area contributed by atoms with E-state index in [1.807, 2.05) is 0 Å². The molecule has 1 rings (SSSR count). The molecular formula is C12H23NO9P2. The number of aliphatic hydroxyl groups is 4. The van der Waals surface area contributed by atoms with E-state index in [2.05, 4.69) is 4.31 Å². The van der Waals surface area contributed by atoms with Crippen LogP contribution >= 0.6 is 17.2 Å². The molecule has 1 aromatic rings. The average molecular weight is 387 g/mol. The molecule has 24 heavy (non-hydrogen) atoms. The highest BCUT2D eigenvalue weighted by Gasteiger charge is 2.37. The normalized spacial score (nSPS) is 13.0. The Bertz CT molecular complexity index is 428. The zero-order valence-electron chi connectivity index (χ0n) is 12.7. The van der Waals surface area contributed by atoms with Crippen LogP contribution in [0.4, 0.5) is 0 Å². The molecule has 0 aliphatic carbocycles. The Labute approximate surface area is 141 Å². The van der Waals surface area contributed by atoms with Crippen molar-refractivity contribution in [2.75, 3.05) is 19.8 Å². The van der Waals surface area contributed by atoms with Crippen molar-refractivity contribution in [1.82, 2.24) is 0 Å². The molecule has 10 N–H and O–H groups in total. The summed E-state index contributed by atoms with van der Waals surface area (Å²) in [6, 6.07) is 6.86. The molecule has 0 aliphatic heterocycles. The van der Waals surface area contributed by atoms with E-state index in [1.165, 1.54) is 0 Å². The molecule has 12 heteroatoms. The zero-order valence-corrected chi connectivity index (χ0v) is 14.5. The number of aliphatic hydroxyl groups excluding tert-OH is 4. The van der Waals surface area contributed by atoms with Gasteiger partial charge in [-0.1, -0.05) is 24.3 Å². The van der Waals surface area contributed by atoms with Crippen molar-refractivity contribution in [2.45, 2.75) is 12.6 Å². The van der Waals surface area contributed by atoms with E-state index in [0.717, 1.165) is 5.56 Å². The smallest absolute Gasteiger partial charge is 0.334 e. The highest BCUT2D eigenvalue weighted by molar-refractivity contribution is 7.53. The van der Waals surface area contributed by atoms with Gasteiger partial charge in [0.2, 0.25) is 0 Å². The monoisotopic (exact) mass is 387 g/mol. The number of hydrogen-bond donors (Lipinski definition) is 9. The predicted molar refractivity (Wildman–Crippen MR) is 86.8 cm³/mol. The van der Waals surface area contributed by atoms with Crippen molar-refractivity contribution in [3.63, 3.8) is 0 Å². The molecule has 0 radical (unpaired) electrons. The average Bonchev–Trinajstić information content (AvgIpc) is 2.56. The van der Waals surface area contributed by atoms with Crippen molar-refractivity contribution in [1.29, 1.82) is 0 Å². The van der Waals surface area contributed by atoms with Crippen molar-refractivity contribution < 1.29 is 44.3 Å². The molecule has 0 heterocycles. The molecule has 10 nitrogen and oxygen atoms in total. The summed E-state index contributed by atoms with van der Waals surface area (Å²) >= 11 is 0. The standard InChI is InChI=1S/C12H19NO4.H4O5P2/c13-5-9-1-3-10(4-2-9)11(17)12(6-14,7-15)8-16;1-6(2)5-7(3)4/h1-4,11,14-17H,5-8,13H2;1-4H. The Kier molecular flexibility index (Phi) is 11.9. The SMILES string of the molecule is NCc1ccc(C(O)C(CO)(CO)CO)cc1.OP(O)OP(O)O. The van der Waals surface area contributed by atoms with Gasteiger partial charge in [0.15, 0.2) is 0 Å². The Balaban J connectivity index is 0.000000640. The molecule has 1 unspecified atom stereocenters. The Morgan fingerprint density at radius 1 is 0.917 bits per heavy atom. The second-order valence-corrected chi connectivity index (χ2v) is 6.44. The van der Waals surface area contributed by atoms with Crippen LogP contribution in [0.2, 0.25) is 0 Å². The van der Waals surface area contributed by atoms with E-state index >= 15 is 0 Å². The Morgan fingerprint density at radius 3 is 1.58 bits per heavy atom. The van der Waals surface area contributed by atoms with Gasteiger partial charge in [0, 0.05) is 6.54 Å². The summed E-state index contributed by atoms with van der Waals surface area (Å²) in [5.74, 6) is 0. The van der Waals surface area contributed by atoms with E-state index < -0.39 is 48.5 Å². The van der Waals surface area contributed by atoms with Gasteiger partial charge in [-0.25, -0.2) is 4.31 Å². The van der Waals surface area contributed by atoms with Crippen LogP contribution in [0.1, 0.15) is 17.2 Å². The van der Waals surface area contributed by atoms with Crippen LogP contribution in [-0.2, 0) is 10.9 Å². The van der Waals surface area contributed by atoms with Gasteiger partial charge in [-0.2, -0.15) is 0 Å². The molecule has 1 aromatic carbocycles. The van der Waals surface area contributed by atoms with Gasteiger partial charge in [-0.3, -0.25) is 0 Å². The lowest BCUT2D eigenvalue weighted by Crippen LogP contribution is -2.40. The third-order valence-corrected chi connectivity index (χ3v) is 4.37. The lowest BCUT2D eigenvalue weighted by molar-refractivity contribution is -0.0852. The molecule has 0 amide bonds. The summed E-state index contributed by atoms with van der Waals surface area (Å²) in [6.07, 6.45) is -1.13. The summed E-state index contributed by atoms with van der Waals surface area (Å²) < 4.78 is 3.60. The van der Waals surface area contributed by atoms with E-state index in [0.29, 0.717) is 12.1 Å². The van der Waals surface area contributed by atoms with Gasteiger partial charge < -0.3 is 45.7 Å². The fourth-order valence-electron chi connectivity index (χ4n) is 1.66. The number of hydrogen-bond acceptors (Lipinski definition) is 10. The number of rotatable bonds is 8. The molecule has 0 bridgehead atoms. The van der Waals surface area contributed by atoms with Gasteiger partial charge in [0.05, 0.1) is 31.3 Å². The lowest BCUT2D eigenvalue weighted by Gasteiger charge is -2.33. The van der Waals surface area contributed by atoms with Crippen LogP contribution in [0.5, 0.6) is 0 Å². The van der Waals surface area contributed by atoms with Crippen LogP contribution < -0.4 is 5.73 Å². The van der Waals surface area contributed by atoms with Crippen LogP contribution in [0.15, 0.2) is 24.3 Å². The van der Waals surface area contributed by atoms with Crippen molar-refractivity contribution in [3.05, 3.63) is 35.4 Å². The summed E-state index contributed by atoms with van der Waals surface area (Å²) in [5, 5.41) is 37.7. The fourth-order valence-corrected chi connectivity index (χ4v) is 2.19. The van der Waals surface area contributed by atoms with Gasteiger partial charge in [-0.05, 0) is 11.1 Å². The van der Waals surface area contributed by atoms with Gasteiger partial charge in [-0.15, -0.1) is 0 Å². The summed E-state index contributed by atoms with van der Waals surface area (Å²) in [6.45, 7) is -1.10. The molecular weight excluding hydrogens is 364 g/mol. The first-order valence-electron chi connectivity index (χ1n) is 6.59. The van der Waals surface area contributed by atoms with Crippen molar-refractivity contribution in [2.24, 2.45) is 11.1 Å². The minimum absolute atomic E-state index is 0.404. The Hall–Kier alpha value is -0.320. The molecule has 0 saturated carbocycles. The lowest BCUT2D eigenvalue weighted by atomic mass is 9.81. The second-order valence-electron chi connectivity index (χ2n) is 4.77. The first-order chi connectivity index (χ1) is 11.3. The minimum Gasteiger partial charge on any atom is -0.395 e. The second kappa shape index (κ2) is 12.1. The molecule has 0 spiro atoms. The largest absolute Gasteiger partial charge is 0.395 e. The van der Waals surface area contributed by atoms with Crippen LogP contribution in [0, 0.1) is 5.41 Å². The zero-order chi connectivity index (χ0) is 18.8. The van der Waals surface area contributed by atoms with E-state index in [4.69, 9.17) is 25.3 Å². The topological polar surface area (TPSA) is 197 Å². The number of benzene rings is 1. The van der Waals surface area contributed by atoms with E-state index in [9.17, 15) is 20.4 Å². The van der Waals surface area contributed by atoms with Gasteiger partial charge in [0.25, 0.3) is 0 Å². The highest BCUT2D eigenvalue weighted by Crippen LogP contribution is 2.41. The first-order valence-corrected chi connectivity index (χ1v) is 8.92. The fraction of sp³-hybridized carbons (Fsp3) is 0.500. The molecule has 0 aromatic heterocycles. The van der Waals surface area contributed by atoms with Gasteiger partial charge in [0.1, 0.15) is 0 Å². The molecule has 1 atom stereocenters. The van der Waals surface area contributed by atoms with Crippen LogP contribution in [0.3, 0.4) is 0 Å². The first kappa shape index (κ1) is 23.7. The third-order valence-electron chi connectivity index (χ3n) is 3.20. The van der Waals surface area contributed by atoms with Crippen molar-refractivity contribution >= 4 is 17.2 Å². The van der Waals surface area contributed by atoms with Crippen molar-refractivity contribution in [3.8, 4) is 0 Å². The summed E-state index contributed by atoms with van der Waals surface area (Å²) in [5.41, 5.74) is 5.58. The molecule has 0 fully saturated rings. The maximum atomic E-state index is 10.1. The minimum atomic E-state index is -2.61. The number of nitrogens with two attached hydrogens (primary N) is 1. The van der Waals surface area contributed by atoms with Gasteiger partial charge >= 0.3 is 17.2 Å². The molecule has 0 aliphatic rings. The van der Waals surface area contributed by atoms with Crippen LogP contribution in [0.25, 0.3) is 0 Å². The predicted octanol–water partition coefficient (Wildman–Crippen LogP) is -1.43. The molecule has 140 valence electrons. The Morgan fingerprint density at radius 2 is 1.33 bits per heavy atom. The highest BCUT2D eigenvalue weighted by atomic mass is 31.2.